The SMILES string of the molecule is CCCCCCCCCCCC(C)N(CCC(O)CN)C(C(=O)O)C(C)O. The maximum absolute atomic E-state index is 11.6. The van der Waals surface area contributed by atoms with Crippen LogP contribution >= 0.6 is 0 Å². The Morgan fingerprint density at radius 3 is 1.89 bits per heavy atom. The van der Waals surface area contributed by atoms with Crippen LogP contribution in [-0.2, 0) is 4.79 Å². The molecule has 0 heterocycles. The molecule has 27 heavy (non-hydrogen) atoms. The van der Waals surface area contributed by atoms with E-state index in [0.717, 1.165) is 19.3 Å². The number of aliphatic hydroxyl groups is 2. The van der Waals surface area contributed by atoms with Gasteiger partial charge in [0.1, 0.15) is 6.04 Å². The molecule has 0 amide bonds. The highest BCUT2D eigenvalue weighted by Gasteiger charge is 2.33. The predicted octanol–water partition coefficient (Wildman–Crippen LogP) is 3.14. The predicted molar refractivity (Wildman–Crippen MR) is 111 cm³/mol. The fourth-order valence-electron chi connectivity index (χ4n) is 3.59. The van der Waals surface area contributed by atoms with Crippen molar-refractivity contribution in [3.05, 3.63) is 0 Å². The van der Waals surface area contributed by atoms with Gasteiger partial charge in [-0.2, -0.15) is 0 Å². The van der Waals surface area contributed by atoms with E-state index in [-0.39, 0.29) is 12.6 Å². The first-order chi connectivity index (χ1) is 12.8. The molecule has 0 radical (unpaired) electrons. The van der Waals surface area contributed by atoms with Crippen LogP contribution in [0.1, 0.15) is 91.4 Å². The highest BCUT2D eigenvalue weighted by atomic mass is 16.4. The number of nitrogens with zero attached hydrogens (tertiary/aromatic N) is 1. The first-order valence-corrected chi connectivity index (χ1v) is 10.9. The molecule has 0 rings (SSSR count). The van der Waals surface area contributed by atoms with E-state index in [1.165, 1.54) is 51.9 Å². The lowest BCUT2D eigenvalue weighted by atomic mass is 10.0. The van der Waals surface area contributed by atoms with Crippen LogP contribution in [0.2, 0.25) is 0 Å². The topological polar surface area (TPSA) is 107 Å². The Balaban J connectivity index is 4.37. The zero-order chi connectivity index (χ0) is 20.7. The standard InChI is InChI=1S/C21H44N2O4/c1-4-5-6-7-8-9-10-11-12-13-17(2)23(15-14-19(25)16-22)20(18(3)24)21(26)27/h17-20,24-25H,4-16,22H2,1-3H3,(H,26,27). The summed E-state index contributed by atoms with van der Waals surface area (Å²) in [4.78, 5) is 13.5. The number of unbranched alkanes of at least 4 members (excludes halogenated alkanes) is 8. The minimum Gasteiger partial charge on any atom is -0.480 e. The van der Waals surface area contributed by atoms with E-state index >= 15 is 0 Å². The van der Waals surface area contributed by atoms with Gasteiger partial charge in [0.25, 0.3) is 0 Å². The monoisotopic (exact) mass is 388 g/mol. The van der Waals surface area contributed by atoms with Crippen molar-refractivity contribution in [2.75, 3.05) is 13.1 Å². The molecule has 0 aromatic heterocycles. The minimum atomic E-state index is -1.02. The van der Waals surface area contributed by atoms with Gasteiger partial charge in [-0.3, -0.25) is 9.69 Å². The molecule has 0 aliphatic carbocycles. The lowest BCUT2D eigenvalue weighted by Gasteiger charge is -2.36. The lowest BCUT2D eigenvalue weighted by Crippen LogP contribution is -2.52. The van der Waals surface area contributed by atoms with Crippen LogP contribution in [0.25, 0.3) is 0 Å². The van der Waals surface area contributed by atoms with Crippen molar-refractivity contribution < 1.29 is 20.1 Å². The zero-order valence-electron chi connectivity index (χ0n) is 17.8. The summed E-state index contributed by atoms with van der Waals surface area (Å²) in [6.07, 6.45) is 11.0. The van der Waals surface area contributed by atoms with Crippen LogP contribution in [-0.4, -0.2) is 63.6 Å². The molecule has 6 nitrogen and oxygen atoms in total. The molecule has 162 valence electrons. The number of hydrogen-bond acceptors (Lipinski definition) is 5. The van der Waals surface area contributed by atoms with Gasteiger partial charge in [0.15, 0.2) is 0 Å². The Morgan fingerprint density at radius 1 is 0.926 bits per heavy atom. The van der Waals surface area contributed by atoms with Crippen molar-refractivity contribution in [2.45, 2.75) is 116 Å². The molecule has 0 aliphatic heterocycles. The average Bonchev–Trinajstić information content (AvgIpc) is 2.62. The molecule has 4 unspecified atom stereocenters. The third-order valence-electron chi connectivity index (χ3n) is 5.35. The molecule has 0 aromatic carbocycles. The van der Waals surface area contributed by atoms with E-state index in [2.05, 4.69) is 6.92 Å². The smallest absolute Gasteiger partial charge is 0.323 e. The van der Waals surface area contributed by atoms with E-state index in [1.54, 1.807) is 0 Å². The van der Waals surface area contributed by atoms with Gasteiger partial charge in [0, 0.05) is 19.1 Å². The summed E-state index contributed by atoms with van der Waals surface area (Å²) >= 11 is 0. The molecule has 0 spiro atoms. The second-order valence-electron chi connectivity index (χ2n) is 7.91. The summed E-state index contributed by atoms with van der Waals surface area (Å²) in [7, 11) is 0. The third-order valence-corrected chi connectivity index (χ3v) is 5.35. The quantitative estimate of drug-likeness (QED) is 0.269. The number of rotatable bonds is 18. The minimum absolute atomic E-state index is 0.0372. The maximum Gasteiger partial charge on any atom is 0.323 e. The van der Waals surface area contributed by atoms with Crippen LogP contribution in [0.5, 0.6) is 0 Å². The van der Waals surface area contributed by atoms with E-state index < -0.39 is 24.2 Å². The number of aliphatic hydroxyl groups excluding tert-OH is 2. The van der Waals surface area contributed by atoms with Gasteiger partial charge in [0.05, 0.1) is 12.2 Å². The van der Waals surface area contributed by atoms with Crippen molar-refractivity contribution in [1.29, 1.82) is 0 Å². The number of nitrogens with two attached hydrogens (primary N) is 1. The molecule has 0 aromatic rings. The van der Waals surface area contributed by atoms with Crippen LogP contribution < -0.4 is 5.73 Å². The molecule has 0 aliphatic rings. The highest BCUT2D eigenvalue weighted by molar-refractivity contribution is 5.74. The van der Waals surface area contributed by atoms with Gasteiger partial charge in [-0.05, 0) is 26.7 Å². The van der Waals surface area contributed by atoms with Crippen LogP contribution in [0.4, 0.5) is 0 Å². The summed E-state index contributed by atoms with van der Waals surface area (Å²) in [5.74, 6) is -1.02. The summed E-state index contributed by atoms with van der Waals surface area (Å²) in [6, 6.07) is -0.918. The fraction of sp³-hybridized carbons (Fsp3) is 0.952. The first-order valence-electron chi connectivity index (χ1n) is 10.9. The Kier molecular flexibility index (Phi) is 15.9. The van der Waals surface area contributed by atoms with Crippen LogP contribution in [0.15, 0.2) is 0 Å². The van der Waals surface area contributed by atoms with Crippen molar-refractivity contribution in [1.82, 2.24) is 4.90 Å². The van der Waals surface area contributed by atoms with E-state index in [9.17, 15) is 20.1 Å². The van der Waals surface area contributed by atoms with Gasteiger partial charge in [-0.1, -0.05) is 64.7 Å². The van der Waals surface area contributed by atoms with Crippen molar-refractivity contribution in [3.8, 4) is 0 Å². The number of aliphatic carboxylic acids is 1. The molecule has 4 atom stereocenters. The van der Waals surface area contributed by atoms with E-state index in [0.29, 0.717) is 13.0 Å². The Bertz CT molecular complexity index is 366. The first kappa shape index (κ1) is 26.3. The Labute approximate surface area is 166 Å². The van der Waals surface area contributed by atoms with Gasteiger partial charge >= 0.3 is 5.97 Å². The second-order valence-corrected chi connectivity index (χ2v) is 7.91. The molecule has 0 saturated carbocycles. The Hall–Kier alpha value is -0.690. The second kappa shape index (κ2) is 16.3. The summed E-state index contributed by atoms with van der Waals surface area (Å²) < 4.78 is 0. The Morgan fingerprint density at radius 2 is 1.44 bits per heavy atom. The molecule has 5 N–H and O–H groups in total. The molecule has 6 heteroatoms. The summed E-state index contributed by atoms with van der Waals surface area (Å²) in [6.45, 7) is 6.33. The number of carboxylic acids is 1. The van der Waals surface area contributed by atoms with Crippen molar-refractivity contribution in [3.63, 3.8) is 0 Å². The number of carbonyl (C=O) groups is 1. The largest absolute Gasteiger partial charge is 0.480 e. The third kappa shape index (κ3) is 12.4. The van der Waals surface area contributed by atoms with Gasteiger partial charge < -0.3 is 21.1 Å². The maximum atomic E-state index is 11.6. The van der Waals surface area contributed by atoms with Gasteiger partial charge in [-0.15, -0.1) is 0 Å². The molecule has 0 fully saturated rings. The van der Waals surface area contributed by atoms with Crippen LogP contribution in [0, 0.1) is 0 Å². The van der Waals surface area contributed by atoms with E-state index in [1.807, 2.05) is 11.8 Å². The zero-order valence-corrected chi connectivity index (χ0v) is 17.8. The molecular weight excluding hydrogens is 344 g/mol. The van der Waals surface area contributed by atoms with Crippen LogP contribution in [0.3, 0.4) is 0 Å². The molecule has 0 bridgehead atoms. The van der Waals surface area contributed by atoms with Gasteiger partial charge in [-0.25, -0.2) is 0 Å². The fourth-order valence-corrected chi connectivity index (χ4v) is 3.59. The van der Waals surface area contributed by atoms with Crippen molar-refractivity contribution >= 4 is 5.97 Å². The van der Waals surface area contributed by atoms with Crippen molar-refractivity contribution in [2.24, 2.45) is 5.73 Å². The molecule has 0 saturated heterocycles. The average molecular weight is 389 g/mol. The van der Waals surface area contributed by atoms with E-state index in [4.69, 9.17) is 5.73 Å². The highest BCUT2D eigenvalue weighted by Crippen LogP contribution is 2.18. The number of hydrogen-bond donors (Lipinski definition) is 4. The lowest BCUT2D eigenvalue weighted by molar-refractivity contribution is -0.149. The molecular formula is C21H44N2O4. The normalized spacial score (nSPS) is 16.3. The number of carboxylic acid groups (broad SMARTS) is 1. The summed E-state index contributed by atoms with van der Waals surface area (Å²) in [5, 5.41) is 29.2. The summed E-state index contributed by atoms with van der Waals surface area (Å²) in [5.41, 5.74) is 5.46. The van der Waals surface area contributed by atoms with Gasteiger partial charge in [0.2, 0.25) is 0 Å².